The second kappa shape index (κ2) is 9.99. The molecule has 1 aromatic carbocycles. The molecule has 0 radical (unpaired) electrons. The SMILES string of the molecule is CC(N)C(=O)N1CCCC1C(=O)NC(Cc1ccc(O)cc1)C(=O)N1CCCC1C(=O)O. The first-order valence-electron chi connectivity index (χ1n) is 10.9. The van der Waals surface area contributed by atoms with E-state index < -0.39 is 42.0 Å². The van der Waals surface area contributed by atoms with E-state index in [1.54, 1.807) is 19.1 Å². The topological polar surface area (TPSA) is 153 Å². The monoisotopic (exact) mass is 446 g/mol. The first-order valence-corrected chi connectivity index (χ1v) is 10.9. The van der Waals surface area contributed by atoms with Crippen molar-refractivity contribution >= 4 is 23.7 Å². The molecular weight excluding hydrogens is 416 g/mol. The highest BCUT2D eigenvalue weighted by Gasteiger charge is 2.40. The normalized spacial score (nSPS) is 22.4. The Morgan fingerprint density at radius 3 is 2.16 bits per heavy atom. The summed E-state index contributed by atoms with van der Waals surface area (Å²) in [6.45, 7) is 2.28. The molecule has 0 bridgehead atoms. The van der Waals surface area contributed by atoms with E-state index in [0.717, 1.165) is 0 Å². The number of nitrogens with two attached hydrogens (primary N) is 1. The van der Waals surface area contributed by atoms with Gasteiger partial charge in [0.25, 0.3) is 0 Å². The fraction of sp³-hybridized carbons (Fsp3) is 0.545. The summed E-state index contributed by atoms with van der Waals surface area (Å²) in [6.07, 6.45) is 2.18. The number of nitrogens with one attached hydrogen (secondary N) is 1. The first-order chi connectivity index (χ1) is 15.2. The van der Waals surface area contributed by atoms with Crippen LogP contribution < -0.4 is 11.1 Å². The van der Waals surface area contributed by atoms with Crippen LogP contribution in [0.2, 0.25) is 0 Å². The number of rotatable bonds is 7. The van der Waals surface area contributed by atoms with E-state index in [1.165, 1.54) is 21.9 Å². The van der Waals surface area contributed by atoms with Gasteiger partial charge in [-0.2, -0.15) is 0 Å². The number of carboxylic acids is 1. The molecule has 0 spiro atoms. The molecule has 3 rings (SSSR count). The number of nitrogens with zero attached hydrogens (tertiary/aromatic N) is 2. The van der Waals surface area contributed by atoms with Crippen LogP contribution in [0, 0.1) is 0 Å². The smallest absolute Gasteiger partial charge is 0.326 e. The van der Waals surface area contributed by atoms with Gasteiger partial charge in [-0.15, -0.1) is 0 Å². The molecule has 0 aliphatic carbocycles. The van der Waals surface area contributed by atoms with E-state index in [4.69, 9.17) is 5.73 Å². The third kappa shape index (κ3) is 5.18. The highest BCUT2D eigenvalue weighted by molar-refractivity contribution is 5.94. The molecule has 1 aromatic rings. The lowest BCUT2D eigenvalue weighted by molar-refractivity contribution is -0.149. The zero-order valence-corrected chi connectivity index (χ0v) is 18.1. The minimum atomic E-state index is -1.07. The molecule has 2 fully saturated rings. The molecule has 5 N–H and O–H groups in total. The summed E-state index contributed by atoms with van der Waals surface area (Å²) in [5, 5.41) is 21.8. The lowest BCUT2D eigenvalue weighted by Gasteiger charge is -2.30. The molecule has 32 heavy (non-hydrogen) atoms. The maximum atomic E-state index is 13.3. The van der Waals surface area contributed by atoms with Crippen molar-refractivity contribution < 1.29 is 29.4 Å². The number of likely N-dealkylation sites (tertiary alicyclic amines) is 2. The van der Waals surface area contributed by atoms with Gasteiger partial charge in [0.05, 0.1) is 6.04 Å². The molecule has 174 valence electrons. The first kappa shape index (κ1) is 23.5. The van der Waals surface area contributed by atoms with Crippen LogP contribution in [0.5, 0.6) is 5.75 Å². The molecule has 10 nitrogen and oxygen atoms in total. The van der Waals surface area contributed by atoms with Crippen molar-refractivity contribution in [2.75, 3.05) is 13.1 Å². The number of carboxylic acid groups (broad SMARTS) is 1. The van der Waals surface area contributed by atoms with Crippen LogP contribution in [-0.4, -0.2) is 81.0 Å². The van der Waals surface area contributed by atoms with Crippen molar-refractivity contribution in [2.45, 2.75) is 63.2 Å². The number of aliphatic carboxylic acids is 1. The number of hydrogen-bond acceptors (Lipinski definition) is 6. The molecule has 4 atom stereocenters. The fourth-order valence-electron chi connectivity index (χ4n) is 4.39. The summed E-state index contributed by atoms with van der Waals surface area (Å²) in [4.78, 5) is 53.1. The van der Waals surface area contributed by atoms with Crippen LogP contribution in [0.4, 0.5) is 0 Å². The number of carbonyl (C=O) groups excluding carboxylic acids is 3. The number of phenolic OH excluding ortho intramolecular Hbond substituents is 1. The molecule has 0 saturated carbocycles. The van der Waals surface area contributed by atoms with Crippen molar-refractivity contribution in [2.24, 2.45) is 5.73 Å². The van der Waals surface area contributed by atoms with Gasteiger partial charge < -0.3 is 31.1 Å². The van der Waals surface area contributed by atoms with Crippen LogP contribution in [0.25, 0.3) is 0 Å². The van der Waals surface area contributed by atoms with Crippen LogP contribution in [-0.2, 0) is 25.6 Å². The summed E-state index contributed by atoms with van der Waals surface area (Å²) >= 11 is 0. The van der Waals surface area contributed by atoms with Gasteiger partial charge in [-0.05, 0) is 50.3 Å². The standard InChI is InChI=1S/C22H30N4O6/c1-13(23)20(29)25-10-2-4-17(25)19(28)24-16(12-14-6-8-15(27)9-7-14)21(30)26-11-3-5-18(26)22(31)32/h6-9,13,16-18,27H,2-5,10-12,23H2,1H3,(H,24,28)(H,31,32). The van der Waals surface area contributed by atoms with Gasteiger partial charge in [0.2, 0.25) is 17.7 Å². The number of aromatic hydroxyl groups is 1. The molecule has 2 aliphatic rings. The van der Waals surface area contributed by atoms with Crippen molar-refractivity contribution in [1.29, 1.82) is 0 Å². The van der Waals surface area contributed by atoms with Gasteiger partial charge >= 0.3 is 5.97 Å². The van der Waals surface area contributed by atoms with Crippen LogP contribution in [0.3, 0.4) is 0 Å². The van der Waals surface area contributed by atoms with E-state index in [0.29, 0.717) is 44.3 Å². The Hall–Kier alpha value is -3.14. The predicted octanol–water partition coefficient (Wildman–Crippen LogP) is -0.167. The van der Waals surface area contributed by atoms with Gasteiger partial charge in [0, 0.05) is 19.5 Å². The molecule has 2 aliphatic heterocycles. The highest BCUT2D eigenvalue weighted by Crippen LogP contribution is 2.22. The van der Waals surface area contributed by atoms with Gasteiger partial charge in [-0.25, -0.2) is 4.79 Å². The third-order valence-corrected chi connectivity index (χ3v) is 6.04. The summed E-state index contributed by atoms with van der Waals surface area (Å²) in [5.74, 6) is -2.26. The average molecular weight is 447 g/mol. The van der Waals surface area contributed by atoms with Crippen molar-refractivity contribution in [1.82, 2.24) is 15.1 Å². The van der Waals surface area contributed by atoms with Gasteiger partial charge in [0.15, 0.2) is 0 Å². The third-order valence-electron chi connectivity index (χ3n) is 6.04. The lowest BCUT2D eigenvalue weighted by atomic mass is 10.0. The fourth-order valence-corrected chi connectivity index (χ4v) is 4.39. The maximum absolute atomic E-state index is 13.3. The summed E-state index contributed by atoms with van der Waals surface area (Å²) in [6, 6.07) is 2.85. The molecule has 10 heteroatoms. The Morgan fingerprint density at radius 2 is 1.59 bits per heavy atom. The average Bonchev–Trinajstić information content (AvgIpc) is 3.43. The number of benzene rings is 1. The van der Waals surface area contributed by atoms with Gasteiger partial charge in [-0.3, -0.25) is 14.4 Å². The number of carbonyl (C=O) groups is 4. The quantitative estimate of drug-likeness (QED) is 0.454. The molecule has 2 saturated heterocycles. The van der Waals surface area contributed by atoms with Crippen molar-refractivity contribution in [3.8, 4) is 5.75 Å². The highest BCUT2D eigenvalue weighted by atomic mass is 16.4. The van der Waals surface area contributed by atoms with E-state index in [1.807, 2.05) is 0 Å². The summed E-state index contributed by atoms with van der Waals surface area (Å²) in [7, 11) is 0. The molecular formula is C22H30N4O6. The van der Waals surface area contributed by atoms with E-state index in [-0.39, 0.29) is 18.1 Å². The summed E-state index contributed by atoms with van der Waals surface area (Å²) in [5.41, 5.74) is 6.41. The second-order valence-electron chi connectivity index (χ2n) is 8.44. The van der Waals surface area contributed by atoms with Gasteiger partial charge in [0.1, 0.15) is 23.9 Å². The Balaban J connectivity index is 1.81. The van der Waals surface area contributed by atoms with Crippen LogP contribution in [0.15, 0.2) is 24.3 Å². The number of phenols is 1. The Labute approximate surface area is 186 Å². The van der Waals surface area contributed by atoms with E-state index >= 15 is 0 Å². The van der Waals surface area contributed by atoms with Crippen LogP contribution >= 0.6 is 0 Å². The second-order valence-corrected chi connectivity index (χ2v) is 8.44. The van der Waals surface area contributed by atoms with Crippen molar-refractivity contribution in [3.05, 3.63) is 29.8 Å². The number of hydrogen-bond donors (Lipinski definition) is 4. The zero-order chi connectivity index (χ0) is 23.4. The molecule has 2 heterocycles. The van der Waals surface area contributed by atoms with E-state index in [9.17, 15) is 29.4 Å². The van der Waals surface area contributed by atoms with E-state index in [2.05, 4.69) is 5.32 Å². The molecule has 0 aromatic heterocycles. The molecule has 4 unspecified atom stereocenters. The Bertz CT molecular complexity index is 872. The zero-order valence-electron chi connectivity index (χ0n) is 18.1. The van der Waals surface area contributed by atoms with Crippen molar-refractivity contribution in [3.63, 3.8) is 0 Å². The number of amides is 3. The van der Waals surface area contributed by atoms with Crippen LogP contribution in [0.1, 0.15) is 38.2 Å². The van der Waals surface area contributed by atoms with Gasteiger partial charge in [-0.1, -0.05) is 12.1 Å². The Morgan fingerprint density at radius 1 is 1.03 bits per heavy atom. The predicted molar refractivity (Wildman–Crippen MR) is 114 cm³/mol. The maximum Gasteiger partial charge on any atom is 0.326 e. The minimum absolute atomic E-state index is 0.0714. The summed E-state index contributed by atoms with van der Waals surface area (Å²) < 4.78 is 0. The molecule has 3 amide bonds. The lowest BCUT2D eigenvalue weighted by Crippen LogP contribution is -2.57. The largest absolute Gasteiger partial charge is 0.508 e. The Kier molecular flexibility index (Phi) is 7.34. The minimum Gasteiger partial charge on any atom is -0.508 e.